The fraction of sp³-hybridized carbons (Fsp3) is 0.333. The van der Waals surface area contributed by atoms with Gasteiger partial charge in [0.15, 0.2) is 5.96 Å². The van der Waals surface area contributed by atoms with Crippen LogP contribution in [0, 0.1) is 0 Å². The van der Waals surface area contributed by atoms with Crippen molar-refractivity contribution in [1.82, 2.24) is 20.0 Å². The number of nitrogens with one attached hydrogen (secondary N) is 2. The quantitative estimate of drug-likeness (QED) is 0.422. The number of rotatable bonds is 6. The van der Waals surface area contributed by atoms with Crippen LogP contribution in [0.5, 0.6) is 0 Å². The summed E-state index contributed by atoms with van der Waals surface area (Å²) in [7, 11) is 0. The number of hydrogen-bond donors (Lipinski definition) is 3. The summed E-state index contributed by atoms with van der Waals surface area (Å²) < 4.78 is 8.24. The van der Waals surface area contributed by atoms with E-state index < -0.39 is 5.60 Å². The van der Waals surface area contributed by atoms with Crippen LogP contribution in [0.15, 0.2) is 56.8 Å². The van der Waals surface area contributed by atoms with Crippen LogP contribution in [-0.4, -0.2) is 33.5 Å². The number of nitrogens with zero attached hydrogens (tertiary/aromatic N) is 3. The lowest BCUT2D eigenvalue weighted by atomic mass is 10.0. The number of hydrogen-bond acceptors (Lipinski definition) is 4. The van der Waals surface area contributed by atoms with E-state index in [9.17, 15) is 5.11 Å². The summed E-state index contributed by atoms with van der Waals surface area (Å²) in [5, 5.41) is 16.9. The Morgan fingerprint density at radius 3 is 2.92 bits per heavy atom. The largest absolute Gasteiger partial charge is 0.466 e. The van der Waals surface area contributed by atoms with Crippen LogP contribution < -0.4 is 10.6 Å². The lowest BCUT2D eigenvalue weighted by Crippen LogP contribution is -2.44. The van der Waals surface area contributed by atoms with E-state index in [-0.39, 0.29) is 6.54 Å². The van der Waals surface area contributed by atoms with Crippen molar-refractivity contribution in [3.63, 3.8) is 0 Å². The molecular weight excluding hydrogens is 398 g/mol. The first-order valence-corrected chi connectivity index (χ1v) is 9.19. The van der Waals surface area contributed by atoms with Gasteiger partial charge in [-0.1, -0.05) is 0 Å². The zero-order valence-electron chi connectivity index (χ0n) is 14.7. The van der Waals surface area contributed by atoms with Gasteiger partial charge in [0.2, 0.25) is 0 Å². The van der Waals surface area contributed by atoms with Crippen molar-refractivity contribution in [2.45, 2.75) is 26.0 Å². The highest BCUT2D eigenvalue weighted by Gasteiger charge is 2.26. The first-order chi connectivity index (χ1) is 12.5. The van der Waals surface area contributed by atoms with Crippen molar-refractivity contribution in [1.29, 1.82) is 0 Å². The third-order valence-electron chi connectivity index (χ3n) is 3.86. The highest BCUT2D eigenvalue weighted by molar-refractivity contribution is 9.10. The van der Waals surface area contributed by atoms with Gasteiger partial charge in [-0.15, -0.1) is 0 Å². The molecular formula is C18H22BrN5O2. The maximum absolute atomic E-state index is 10.5. The SMILES string of the molecule is CCNC(=NCc1cn2cc(Br)ccc2n1)NCC(C)(O)c1ccco1. The minimum atomic E-state index is -1.13. The van der Waals surface area contributed by atoms with Crippen molar-refractivity contribution in [2.75, 3.05) is 13.1 Å². The standard InChI is InChI=1S/C18H22BrN5O2/c1-3-20-17(22-12-18(2,25)15-5-4-8-26-15)21-9-14-11-24-10-13(19)6-7-16(24)23-14/h4-8,10-11,25H,3,9,12H2,1-2H3,(H2,20,21,22). The smallest absolute Gasteiger partial charge is 0.191 e. The monoisotopic (exact) mass is 419 g/mol. The molecule has 3 N–H and O–H groups in total. The predicted octanol–water partition coefficient (Wildman–Crippen LogP) is 2.65. The summed E-state index contributed by atoms with van der Waals surface area (Å²) in [6, 6.07) is 7.41. The fourth-order valence-electron chi connectivity index (χ4n) is 2.52. The van der Waals surface area contributed by atoms with Crippen molar-refractivity contribution in [2.24, 2.45) is 4.99 Å². The number of aliphatic hydroxyl groups is 1. The molecule has 3 rings (SSSR count). The molecule has 0 amide bonds. The van der Waals surface area contributed by atoms with Crippen molar-refractivity contribution in [3.8, 4) is 0 Å². The molecule has 0 aliphatic rings. The number of guanidine groups is 1. The molecule has 26 heavy (non-hydrogen) atoms. The van der Waals surface area contributed by atoms with Crippen LogP contribution >= 0.6 is 15.9 Å². The Hall–Kier alpha value is -2.32. The molecule has 0 aliphatic carbocycles. The molecule has 1 atom stereocenters. The van der Waals surface area contributed by atoms with Crippen LogP contribution in [0.4, 0.5) is 0 Å². The Morgan fingerprint density at radius 1 is 1.35 bits per heavy atom. The van der Waals surface area contributed by atoms with Crippen LogP contribution in [0.1, 0.15) is 25.3 Å². The van der Waals surface area contributed by atoms with Gasteiger partial charge in [0.25, 0.3) is 0 Å². The average Bonchev–Trinajstić information content (AvgIpc) is 3.26. The second-order valence-electron chi connectivity index (χ2n) is 6.14. The van der Waals surface area contributed by atoms with E-state index in [0.717, 1.165) is 15.8 Å². The van der Waals surface area contributed by atoms with E-state index in [1.54, 1.807) is 25.3 Å². The molecule has 8 heteroatoms. The summed E-state index contributed by atoms with van der Waals surface area (Å²) in [4.78, 5) is 9.10. The third kappa shape index (κ3) is 4.44. The van der Waals surface area contributed by atoms with E-state index in [1.165, 1.54) is 0 Å². The van der Waals surface area contributed by atoms with E-state index in [2.05, 4.69) is 36.5 Å². The zero-order chi connectivity index (χ0) is 18.6. The molecule has 0 bridgehead atoms. The molecule has 0 saturated carbocycles. The van der Waals surface area contributed by atoms with Crippen LogP contribution in [-0.2, 0) is 12.1 Å². The van der Waals surface area contributed by atoms with Gasteiger partial charge in [-0.05, 0) is 54.0 Å². The minimum Gasteiger partial charge on any atom is -0.466 e. The lowest BCUT2D eigenvalue weighted by molar-refractivity contribution is 0.0386. The number of pyridine rings is 1. The highest BCUT2D eigenvalue weighted by Crippen LogP contribution is 2.19. The number of furan rings is 1. The molecule has 7 nitrogen and oxygen atoms in total. The Labute approximate surface area is 160 Å². The Bertz CT molecular complexity index is 886. The van der Waals surface area contributed by atoms with Crippen LogP contribution in [0.25, 0.3) is 5.65 Å². The molecule has 138 valence electrons. The number of imidazole rings is 1. The third-order valence-corrected chi connectivity index (χ3v) is 4.33. The maximum Gasteiger partial charge on any atom is 0.191 e. The van der Waals surface area contributed by atoms with Crippen molar-refractivity contribution >= 4 is 27.5 Å². The summed E-state index contributed by atoms with van der Waals surface area (Å²) in [6.07, 6.45) is 5.45. The fourth-order valence-corrected chi connectivity index (χ4v) is 2.88. The molecule has 3 aromatic rings. The summed E-state index contributed by atoms with van der Waals surface area (Å²) in [5.41, 5.74) is 0.602. The zero-order valence-corrected chi connectivity index (χ0v) is 16.3. The first kappa shape index (κ1) is 18.5. The van der Waals surface area contributed by atoms with Gasteiger partial charge in [-0.2, -0.15) is 0 Å². The Kier molecular flexibility index (Phi) is 5.63. The van der Waals surface area contributed by atoms with E-state index in [4.69, 9.17) is 4.42 Å². The van der Waals surface area contributed by atoms with E-state index in [0.29, 0.717) is 24.8 Å². The molecule has 0 fully saturated rings. The predicted molar refractivity (Wildman–Crippen MR) is 104 cm³/mol. The van der Waals surface area contributed by atoms with Gasteiger partial charge in [0.05, 0.1) is 25.0 Å². The van der Waals surface area contributed by atoms with E-state index in [1.807, 2.05) is 35.9 Å². The van der Waals surface area contributed by atoms with Crippen molar-refractivity contribution in [3.05, 3.63) is 58.8 Å². The lowest BCUT2D eigenvalue weighted by Gasteiger charge is -2.22. The van der Waals surface area contributed by atoms with Gasteiger partial charge in [-0.25, -0.2) is 9.98 Å². The van der Waals surface area contributed by atoms with Gasteiger partial charge < -0.3 is 24.6 Å². The summed E-state index contributed by atoms with van der Waals surface area (Å²) >= 11 is 3.45. The number of aromatic nitrogens is 2. The number of fused-ring (bicyclic) bond motifs is 1. The van der Waals surface area contributed by atoms with Crippen LogP contribution in [0.2, 0.25) is 0 Å². The molecule has 0 aromatic carbocycles. The summed E-state index contributed by atoms with van der Waals surface area (Å²) in [5.74, 6) is 1.12. The van der Waals surface area contributed by atoms with Crippen molar-refractivity contribution < 1.29 is 9.52 Å². The molecule has 3 heterocycles. The number of aliphatic imine (C=N–C) groups is 1. The van der Waals surface area contributed by atoms with Gasteiger partial charge in [-0.3, -0.25) is 0 Å². The van der Waals surface area contributed by atoms with E-state index >= 15 is 0 Å². The Morgan fingerprint density at radius 2 is 2.19 bits per heavy atom. The summed E-state index contributed by atoms with van der Waals surface area (Å²) in [6.45, 7) is 5.10. The molecule has 0 spiro atoms. The molecule has 0 aliphatic heterocycles. The number of halogens is 1. The average molecular weight is 420 g/mol. The maximum atomic E-state index is 10.5. The second kappa shape index (κ2) is 7.92. The normalized spacial score (nSPS) is 14.4. The van der Waals surface area contributed by atoms with Crippen LogP contribution in [0.3, 0.4) is 0 Å². The molecule has 0 saturated heterocycles. The first-order valence-electron chi connectivity index (χ1n) is 8.39. The second-order valence-corrected chi connectivity index (χ2v) is 7.06. The van der Waals surface area contributed by atoms with Gasteiger partial charge in [0, 0.05) is 23.4 Å². The highest BCUT2D eigenvalue weighted by atomic mass is 79.9. The van der Waals surface area contributed by atoms with Gasteiger partial charge in [0.1, 0.15) is 17.0 Å². The molecule has 0 radical (unpaired) electrons. The minimum absolute atomic E-state index is 0.268. The Balaban J connectivity index is 1.68. The van der Waals surface area contributed by atoms with Gasteiger partial charge >= 0.3 is 0 Å². The molecule has 1 unspecified atom stereocenters. The topological polar surface area (TPSA) is 87.1 Å². The molecule has 3 aromatic heterocycles.